The molecule has 2 bridgehead atoms. The Kier molecular flexibility index (Phi) is 3.02. The van der Waals surface area contributed by atoms with Gasteiger partial charge in [0.25, 0.3) is 0 Å². The fraction of sp³-hybridized carbons (Fsp3) is 0.500. The van der Waals surface area contributed by atoms with Gasteiger partial charge >= 0.3 is 0 Å². The van der Waals surface area contributed by atoms with E-state index in [1.807, 2.05) is 0 Å². The zero-order chi connectivity index (χ0) is 15.6. The molecule has 0 radical (unpaired) electrons. The number of hydrogen-bond donors (Lipinski definition) is 1. The molecule has 2 unspecified atom stereocenters. The van der Waals surface area contributed by atoms with Crippen LogP contribution < -0.4 is 0 Å². The SMILES string of the molecule is O=S1C2CCCC1CC(O)(c1ccc3c4c(cccc14)CC3)C2. The lowest BCUT2D eigenvalue weighted by Gasteiger charge is -2.44. The zero-order valence-corrected chi connectivity index (χ0v) is 14.1. The Morgan fingerprint density at radius 3 is 2.43 bits per heavy atom. The van der Waals surface area contributed by atoms with Crippen LogP contribution in [0.15, 0.2) is 30.3 Å². The highest BCUT2D eigenvalue weighted by molar-refractivity contribution is 7.86. The van der Waals surface area contributed by atoms with Crippen LogP contribution in [-0.4, -0.2) is 19.8 Å². The number of aryl methyl sites for hydroxylation is 2. The predicted octanol–water partition coefficient (Wildman–Crippen LogP) is 3.59. The van der Waals surface area contributed by atoms with Crippen LogP contribution in [0.4, 0.5) is 0 Å². The normalized spacial score (nSPS) is 35.6. The van der Waals surface area contributed by atoms with Gasteiger partial charge in [-0.3, -0.25) is 4.21 Å². The molecule has 2 aliphatic heterocycles. The quantitative estimate of drug-likeness (QED) is 0.869. The van der Waals surface area contributed by atoms with Gasteiger partial charge in [-0.15, -0.1) is 0 Å². The van der Waals surface area contributed by atoms with Gasteiger partial charge in [-0.05, 0) is 66.0 Å². The maximum atomic E-state index is 12.5. The molecule has 2 aromatic carbocycles. The highest BCUT2D eigenvalue weighted by atomic mass is 32.2. The van der Waals surface area contributed by atoms with Gasteiger partial charge in [-0.25, -0.2) is 0 Å². The molecule has 3 heteroatoms. The number of aliphatic hydroxyl groups is 1. The highest BCUT2D eigenvalue weighted by Crippen LogP contribution is 2.47. The molecular formula is C20H22O2S. The van der Waals surface area contributed by atoms with Crippen molar-refractivity contribution in [3.8, 4) is 0 Å². The van der Waals surface area contributed by atoms with Gasteiger partial charge in [0.2, 0.25) is 0 Å². The Morgan fingerprint density at radius 2 is 1.70 bits per heavy atom. The molecule has 5 rings (SSSR count). The van der Waals surface area contributed by atoms with Crippen molar-refractivity contribution >= 4 is 21.6 Å². The molecule has 2 aromatic rings. The Balaban J connectivity index is 1.68. The van der Waals surface area contributed by atoms with E-state index < -0.39 is 16.4 Å². The van der Waals surface area contributed by atoms with Crippen molar-refractivity contribution in [3.05, 3.63) is 47.0 Å². The van der Waals surface area contributed by atoms with Crippen LogP contribution in [0.1, 0.15) is 48.8 Å². The average molecular weight is 326 g/mol. The largest absolute Gasteiger partial charge is 0.385 e. The lowest BCUT2D eigenvalue weighted by atomic mass is 9.78. The third-order valence-electron chi connectivity index (χ3n) is 6.22. The Hall–Kier alpha value is -1.19. The summed E-state index contributed by atoms with van der Waals surface area (Å²) < 4.78 is 12.5. The van der Waals surface area contributed by atoms with E-state index in [1.54, 1.807) is 0 Å². The van der Waals surface area contributed by atoms with Crippen LogP contribution in [0, 0.1) is 0 Å². The monoisotopic (exact) mass is 326 g/mol. The van der Waals surface area contributed by atoms with Crippen molar-refractivity contribution in [2.24, 2.45) is 0 Å². The van der Waals surface area contributed by atoms with E-state index in [-0.39, 0.29) is 10.5 Å². The molecule has 3 aliphatic rings. The number of rotatable bonds is 1. The molecule has 0 amide bonds. The molecule has 1 N–H and O–H groups in total. The summed E-state index contributed by atoms with van der Waals surface area (Å²) in [5.41, 5.74) is 3.11. The summed E-state index contributed by atoms with van der Waals surface area (Å²) in [4.78, 5) is 0. The number of fused-ring (bicyclic) bond motifs is 2. The Bertz CT molecular complexity index is 799. The minimum Gasteiger partial charge on any atom is -0.385 e. The third-order valence-corrected chi connectivity index (χ3v) is 8.34. The zero-order valence-electron chi connectivity index (χ0n) is 13.3. The first-order valence-corrected chi connectivity index (χ1v) is 10.1. The first-order valence-electron chi connectivity index (χ1n) is 8.81. The topological polar surface area (TPSA) is 37.3 Å². The van der Waals surface area contributed by atoms with E-state index in [1.165, 1.54) is 28.3 Å². The second-order valence-corrected chi connectivity index (χ2v) is 9.55. The Labute approximate surface area is 139 Å². The van der Waals surface area contributed by atoms with Crippen LogP contribution in [-0.2, 0) is 29.2 Å². The summed E-state index contributed by atoms with van der Waals surface area (Å²) in [6.45, 7) is 0. The van der Waals surface area contributed by atoms with Crippen LogP contribution in [0.3, 0.4) is 0 Å². The molecule has 23 heavy (non-hydrogen) atoms. The smallest absolute Gasteiger partial charge is 0.0925 e. The molecule has 0 aromatic heterocycles. The molecule has 2 heterocycles. The van der Waals surface area contributed by atoms with Crippen molar-refractivity contribution in [1.29, 1.82) is 0 Å². The minimum atomic E-state index is -0.802. The third kappa shape index (κ3) is 1.99. The summed E-state index contributed by atoms with van der Waals surface area (Å²) in [5.74, 6) is 0. The van der Waals surface area contributed by atoms with Gasteiger partial charge in [-0.1, -0.05) is 36.8 Å². The summed E-state index contributed by atoms with van der Waals surface area (Å²) in [7, 11) is -0.746. The fourth-order valence-corrected chi connectivity index (χ4v) is 7.38. The van der Waals surface area contributed by atoms with Crippen LogP contribution in [0.25, 0.3) is 10.8 Å². The lowest BCUT2D eigenvalue weighted by Crippen LogP contribution is -2.47. The minimum absolute atomic E-state index is 0.176. The van der Waals surface area contributed by atoms with E-state index in [0.717, 1.165) is 31.2 Å². The van der Waals surface area contributed by atoms with Crippen molar-refractivity contribution in [2.45, 2.75) is 61.0 Å². The lowest BCUT2D eigenvalue weighted by molar-refractivity contribution is 0.00794. The predicted molar refractivity (Wildman–Crippen MR) is 94.1 cm³/mol. The maximum absolute atomic E-state index is 12.5. The molecule has 0 spiro atoms. The van der Waals surface area contributed by atoms with E-state index >= 15 is 0 Å². The van der Waals surface area contributed by atoms with E-state index in [0.29, 0.717) is 12.8 Å². The van der Waals surface area contributed by atoms with E-state index in [2.05, 4.69) is 30.3 Å². The molecule has 1 aliphatic carbocycles. The molecule has 120 valence electrons. The first-order chi connectivity index (χ1) is 11.2. The van der Waals surface area contributed by atoms with Crippen molar-refractivity contribution in [2.75, 3.05) is 0 Å². The van der Waals surface area contributed by atoms with Crippen LogP contribution >= 0.6 is 0 Å². The van der Waals surface area contributed by atoms with Gasteiger partial charge < -0.3 is 5.11 Å². The molecule has 2 fully saturated rings. The van der Waals surface area contributed by atoms with Gasteiger partial charge in [0.15, 0.2) is 0 Å². The second kappa shape index (κ2) is 4.90. The molecule has 0 saturated carbocycles. The summed E-state index contributed by atoms with van der Waals surface area (Å²) in [6.07, 6.45) is 6.73. The summed E-state index contributed by atoms with van der Waals surface area (Å²) in [5, 5.41) is 14.5. The van der Waals surface area contributed by atoms with Gasteiger partial charge in [0.1, 0.15) is 0 Å². The standard InChI is InChI=1S/C20H22O2S/c21-20(11-15-4-2-5-16(12-20)23(15)22)18-10-9-14-8-7-13-3-1-6-17(18)19(13)14/h1,3,6,9-10,15-16,21H,2,4-5,7-8,11-12H2. The fourth-order valence-electron chi connectivity index (χ4n) is 5.16. The van der Waals surface area contributed by atoms with Gasteiger partial charge in [0.05, 0.1) is 5.60 Å². The second-order valence-electron chi connectivity index (χ2n) is 7.56. The van der Waals surface area contributed by atoms with E-state index in [4.69, 9.17) is 0 Å². The first kappa shape index (κ1) is 14.2. The summed E-state index contributed by atoms with van der Waals surface area (Å²) >= 11 is 0. The number of benzene rings is 2. The maximum Gasteiger partial charge on any atom is 0.0925 e. The Morgan fingerprint density at radius 1 is 1.00 bits per heavy atom. The molecular weight excluding hydrogens is 304 g/mol. The van der Waals surface area contributed by atoms with Crippen molar-refractivity contribution < 1.29 is 9.32 Å². The van der Waals surface area contributed by atoms with Gasteiger partial charge in [0, 0.05) is 21.3 Å². The highest BCUT2D eigenvalue weighted by Gasteiger charge is 2.47. The van der Waals surface area contributed by atoms with E-state index in [9.17, 15) is 9.32 Å². The van der Waals surface area contributed by atoms with Crippen molar-refractivity contribution in [1.82, 2.24) is 0 Å². The summed E-state index contributed by atoms with van der Waals surface area (Å²) in [6, 6.07) is 10.9. The molecule has 2 saturated heterocycles. The van der Waals surface area contributed by atoms with Gasteiger partial charge in [-0.2, -0.15) is 0 Å². The van der Waals surface area contributed by atoms with Crippen molar-refractivity contribution in [3.63, 3.8) is 0 Å². The average Bonchev–Trinajstić information content (AvgIpc) is 2.95. The molecule has 2 atom stereocenters. The molecule has 2 nitrogen and oxygen atoms in total. The number of hydrogen-bond acceptors (Lipinski definition) is 2. The van der Waals surface area contributed by atoms with Crippen LogP contribution in [0.2, 0.25) is 0 Å². The van der Waals surface area contributed by atoms with Crippen LogP contribution in [0.5, 0.6) is 0 Å².